The number of benzene rings is 2. The van der Waals surface area contributed by atoms with Gasteiger partial charge in [-0.1, -0.05) is 29.0 Å². The molecule has 0 radical (unpaired) electrons. The van der Waals surface area contributed by atoms with Crippen molar-refractivity contribution in [3.8, 4) is 11.3 Å². The highest BCUT2D eigenvalue weighted by atomic mass is 19.1. The number of halogens is 1. The van der Waals surface area contributed by atoms with Gasteiger partial charge in [0.1, 0.15) is 17.3 Å². The molecular formula is C23H22FN5. The van der Waals surface area contributed by atoms with Crippen molar-refractivity contribution in [1.29, 1.82) is 0 Å². The number of hydrogen-bond acceptors (Lipinski definition) is 4. The van der Waals surface area contributed by atoms with Crippen molar-refractivity contribution in [3.63, 3.8) is 0 Å². The Hall–Kier alpha value is -3.28. The van der Waals surface area contributed by atoms with Crippen molar-refractivity contribution in [2.24, 2.45) is 0 Å². The van der Waals surface area contributed by atoms with Crippen LogP contribution < -0.4 is 5.32 Å². The van der Waals surface area contributed by atoms with Crippen LogP contribution in [0.3, 0.4) is 0 Å². The first kappa shape index (κ1) is 17.8. The van der Waals surface area contributed by atoms with Crippen LogP contribution in [0, 0.1) is 5.82 Å². The highest BCUT2D eigenvalue weighted by molar-refractivity contribution is 5.93. The lowest BCUT2D eigenvalue weighted by molar-refractivity contribution is 0.628. The summed E-state index contributed by atoms with van der Waals surface area (Å²) < 4.78 is 15.1. The zero-order valence-corrected chi connectivity index (χ0v) is 16.1. The highest BCUT2D eigenvalue weighted by Crippen LogP contribution is 2.28. The molecule has 0 saturated carbocycles. The van der Waals surface area contributed by atoms with Gasteiger partial charge in [0.2, 0.25) is 0 Å². The number of allylic oxidation sites excluding steroid dienone is 1. The maximum absolute atomic E-state index is 13.3. The molecule has 0 bridgehead atoms. The van der Waals surface area contributed by atoms with Crippen molar-refractivity contribution < 1.29 is 4.39 Å². The first-order chi connectivity index (χ1) is 14.3. The molecule has 0 aliphatic heterocycles. The van der Waals surface area contributed by atoms with E-state index in [1.54, 1.807) is 16.6 Å². The molecule has 2 heterocycles. The van der Waals surface area contributed by atoms with Crippen LogP contribution in [0.2, 0.25) is 0 Å². The highest BCUT2D eigenvalue weighted by Gasteiger charge is 2.15. The maximum Gasteiger partial charge on any atom is 0.186 e. The number of nitrogens with one attached hydrogen (secondary N) is 1. The molecule has 0 saturated heterocycles. The molecule has 6 heteroatoms. The second kappa shape index (κ2) is 7.62. The molecule has 0 fully saturated rings. The molecule has 0 atom stereocenters. The van der Waals surface area contributed by atoms with E-state index in [0.29, 0.717) is 11.3 Å². The van der Waals surface area contributed by atoms with Crippen LogP contribution in [0.4, 0.5) is 10.2 Å². The molecule has 1 aliphatic carbocycles. The first-order valence-electron chi connectivity index (χ1n) is 10.1. The number of nitrogens with zero attached hydrogens (tertiary/aromatic N) is 4. The van der Waals surface area contributed by atoms with Crippen molar-refractivity contribution in [2.75, 3.05) is 11.9 Å². The lowest BCUT2D eigenvalue weighted by Crippen LogP contribution is -2.08. The van der Waals surface area contributed by atoms with Gasteiger partial charge < -0.3 is 5.32 Å². The molecule has 146 valence electrons. The van der Waals surface area contributed by atoms with E-state index >= 15 is 0 Å². The van der Waals surface area contributed by atoms with E-state index in [4.69, 9.17) is 4.98 Å². The van der Waals surface area contributed by atoms with Crippen molar-refractivity contribution in [1.82, 2.24) is 19.8 Å². The SMILES string of the molecule is Fc1ccc(-c2nnn3c2nc(NCCC2=CCCCC2)c2ccccc23)cc1. The van der Waals surface area contributed by atoms with Crippen molar-refractivity contribution >= 4 is 22.4 Å². The topological polar surface area (TPSA) is 55.1 Å². The van der Waals surface area contributed by atoms with Gasteiger partial charge in [-0.15, -0.1) is 5.10 Å². The number of anilines is 1. The zero-order chi connectivity index (χ0) is 19.6. The molecule has 5 rings (SSSR count). The van der Waals surface area contributed by atoms with Gasteiger partial charge in [-0.05, 0) is 68.5 Å². The third-order valence-electron chi connectivity index (χ3n) is 5.49. The molecule has 0 unspecified atom stereocenters. The van der Waals surface area contributed by atoms with Gasteiger partial charge in [-0.25, -0.2) is 9.37 Å². The van der Waals surface area contributed by atoms with Gasteiger partial charge in [0.15, 0.2) is 5.65 Å². The van der Waals surface area contributed by atoms with Gasteiger partial charge in [0, 0.05) is 17.5 Å². The smallest absolute Gasteiger partial charge is 0.186 e. The molecule has 2 aromatic heterocycles. The lowest BCUT2D eigenvalue weighted by Gasteiger charge is -2.14. The molecule has 0 spiro atoms. The summed E-state index contributed by atoms with van der Waals surface area (Å²) in [4.78, 5) is 4.86. The maximum atomic E-state index is 13.3. The molecule has 1 aliphatic rings. The second-order valence-corrected chi connectivity index (χ2v) is 7.44. The van der Waals surface area contributed by atoms with E-state index in [1.165, 1.54) is 43.4 Å². The normalized spacial score (nSPS) is 14.3. The first-order valence-corrected chi connectivity index (χ1v) is 10.1. The van der Waals surface area contributed by atoms with Crippen LogP contribution in [-0.4, -0.2) is 26.4 Å². The monoisotopic (exact) mass is 387 g/mol. The minimum Gasteiger partial charge on any atom is -0.369 e. The summed E-state index contributed by atoms with van der Waals surface area (Å²) in [5.41, 5.74) is 4.58. The number of para-hydroxylation sites is 1. The Bertz CT molecular complexity index is 1190. The Balaban J connectivity index is 1.54. The van der Waals surface area contributed by atoms with Crippen LogP contribution in [0.25, 0.3) is 27.8 Å². The van der Waals surface area contributed by atoms with Crippen LogP contribution >= 0.6 is 0 Å². The third kappa shape index (κ3) is 3.46. The van der Waals surface area contributed by atoms with E-state index in [-0.39, 0.29) is 5.82 Å². The molecule has 29 heavy (non-hydrogen) atoms. The Morgan fingerprint density at radius 1 is 1.03 bits per heavy atom. The summed E-state index contributed by atoms with van der Waals surface area (Å²) in [5.74, 6) is 0.554. The molecule has 0 amide bonds. The summed E-state index contributed by atoms with van der Waals surface area (Å²) in [7, 11) is 0. The van der Waals surface area contributed by atoms with Crippen molar-refractivity contribution in [2.45, 2.75) is 32.1 Å². The quantitative estimate of drug-likeness (QED) is 0.467. The van der Waals surface area contributed by atoms with Crippen LogP contribution in [0.15, 0.2) is 60.2 Å². The Morgan fingerprint density at radius 3 is 2.72 bits per heavy atom. The zero-order valence-electron chi connectivity index (χ0n) is 16.1. The van der Waals surface area contributed by atoms with Crippen LogP contribution in [-0.2, 0) is 0 Å². The fraction of sp³-hybridized carbons (Fsp3) is 0.261. The van der Waals surface area contributed by atoms with Gasteiger partial charge >= 0.3 is 0 Å². The summed E-state index contributed by atoms with van der Waals surface area (Å²) in [5, 5.41) is 13.2. The van der Waals surface area contributed by atoms with Crippen LogP contribution in [0.5, 0.6) is 0 Å². The summed E-state index contributed by atoms with van der Waals surface area (Å²) in [6.45, 7) is 0.840. The Labute approximate surface area is 168 Å². The van der Waals surface area contributed by atoms with E-state index in [2.05, 4.69) is 21.7 Å². The van der Waals surface area contributed by atoms with E-state index < -0.39 is 0 Å². The van der Waals surface area contributed by atoms with Gasteiger partial charge in [0.25, 0.3) is 0 Å². The Kier molecular flexibility index (Phi) is 4.68. The number of rotatable bonds is 5. The standard InChI is InChI=1S/C23H22FN5/c24-18-12-10-17(11-13-18)21-23-26-22(25-15-14-16-6-2-1-3-7-16)19-8-4-5-9-20(19)29(23)28-27-21/h4-6,8-13H,1-3,7,14-15H2,(H,25,26). The third-order valence-corrected chi connectivity index (χ3v) is 5.49. The van der Waals surface area contributed by atoms with Gasteiger partial charge in [-0.3, -0.25) is 0 Å². The fourth-order valence-electron chi connectivity index (χ4n) is 3.97. The average molecular weight is 387 g/mol. The largest absolute Gasteiger partial charge is 0.369 e. The summed E-state index contributed by atoms with van der Waals surface area (Å²) >= 11 is 0. The lowest BCUT2D eigenvalue weighted by atomic mass is 9.97. The summed E-state index contributed by atoms with van der Waals surface area (Å²) in [6, 6.07) is 14.3. The minimum atomic E-state index is -0.275. The number of aromatic nitrogens is 4. The fourth-order valence-corrected chi connectivity index (χ4v) is 3.97. The number of hydrogen-bond donors (Lipinski definition) is 1. The van der Waals surface area contributed by atoms with E-state index in [1.807, 2.05) is 24.3 Å². The predicted octanol–water partition coefficient (Wildman–Crippen LogP) is 5.39. The van der Waals surface area contributed by atoms with Crippen LogP contribution in [0.1, 0.15) is 32.1 Å². The number of fused-ring (bicyclic) bond motifs is 3. The average Bonchev–Trinajstić information content (AvgIpc) is 3.19. The van der Waals surface area contributed by atoms with Gasteiger partial charge in [-0.2, -0.15) is 4.52 Å². The van der Waals surface area contributed by atoms with Crippen molar-refractivity contribution in [3.05, 3.63) is 66.0 Å². The van der Waals surface area contributed by atoms with Gasteiger partial charge in [0.05, 0.1) is 5.52 Å². The van der Waals surface area contributed by atoms with E-state index in [9.17, 15) is 4.39 Å². The summed E-state index contributed by atoms with van der Waals surface area (Å²) in [6.07, 6.45) is 8.42. The predicted molar refractivity (Wildman–Crippen MR) is 113 cm³/mol. The molecule has 2 aromatic carbocycles. The minimum absolute atomic E-state index is 0.275. The molecule has 4 aromatic rings. The second-order valence-electron chi connectivity index (χ2n) is 7.44. The molecule has 5 nitrogen and oxygen atoms in total. The molecular weight excluding hydrogens is 365 g/mol. The molecule has 1 N–H and O–H groups in total. The Morgan fingerprint density at radius 2 is 1.90 bits per heavy atom. The van der Waals surface area contributed by atoms with E-state index in [0.717, 1.165) is 35.2 Å².